The number of rotatable bonds is 5. The van der Waals surface area contributed by atoms with Crippen LogP contribution in [0, 0.1) is 5.92 Å². The molecule has 1 saturated heterocycles. The molecule has 3 rings (SSSR count). The van der Waals surface area contributed by atoms with Gasteiger partial charge in [-0.15, -0.1) is 0 Å². The first kappa shape index (κ1) is 20.1. The molecule has 1 fully saturated rings. The molecule has 146 valence electrons. The van der Waals surface area contributed by atoms with E-state index in [2.05, 4.69) is 26.2 Å². The lowest BCUT2D eigenvalue weighted by Crippen LogP contribution is -2.40. The van der Waals surface area contributed by atoms with Gasteiger partial charge in [0.15, 0.2) is 0 Å². The van der Waals surface area contributed by atoms with Crippen molar-refractivity contribution < 1.29 is 14.3 Å². The Morgan fingerprint density at radius 1 is 1.25 bits per heavy atom. The Bertz CT molecular complexity index is 859. The Morgan fingerprint density at radius 2 is 2.04 bits per heavy atom. The minimum atomic E-state index is -0.114. The van der Waals surface area contributed by atoms with Crippen LogP contribution in [0.3, 0.4) is 0 Å². The zero-order valence-electron chi connectivity index (χ0n) is 15.6. The van der Waals surface area contributed by atoms with Crippen molar-refractivity contribution in [3.05, 3.63) is 58.7 Å². The van der Waals surface area contributed by atoms with Crippen molar-refractivity contribution in [1.82, 2.24) is 9.88 Å². The normalized spacial score (nSPS) is 14.9. The topological polar surface area (TPSA) is 71.5 Å². The molecule has 0 atom stereocenters. The number of amides is 2. The maximum atomic E-state index is 12.4. The van der Waals surface area contributed by atoms with Crippen LogP contribution < -0.4 is 10.1 Å². The van der Waals surface area contributed by atoms with Crippen LogP contribution in [-0.4, -0.2) is 41.9 Å². The summed E-state index contributed by atoms with van der Waals surface area (Å²) in [6.07, 6.45) is 6.28. The number of hydrogen-bond acceptors (Lipinski definition) is 4. The molecule has 2 amide bonds. The fraction of sp³-hybridized carbons (Fsp3) is 0.286. The number of likely N-dealkylation sites (tertiary alicyclic amines) is 1. The molecule has 2 aromatic rings. The predicted octanol–water partition coefficient (Wildman–Crippen LogP) is 3.74. The van der Waals surface area contributed by atoms with E-state index < -0.39 is 0 Å². The van der Waals surface area contributed by atoms with Gasteiger partial charge in [0.1, 0.15) is 11.6 Å². The van der Waals surface area contributed by atoms with E-state index in [-0.39, 0.29) is 17.7 Å². The van der Waals surface area contributed by atoms with Gasteiger partial charge >= 0.3 is 0 Å². The predicted molar refractivity (Wildman–Crippen MR) is 112 cm³/mol. The summed E-state index contributed by atoms with van der Waals surface area (Å²) in [5, 5.41) is 2.84. The summed E-state index contributed by atoms with van der Waals surface area (Å²) in [4.78, 5) is 30.8. The van der Waals surface area contributed by atoms with E-state index >= 15 is 0 Å². The van der Waals surface area contributed by atoms with Crippen molar-refractivity contribution in [1.29, 1.82) is 0 Å². The second-order valence-corrected chi connectivity index (χ2v) is 7.48. The largest absolute Gasteiger partial charge is 0.497 e. The lowest BCUT2D eigenvalue weighted by atomic mass is 9.96. The van der Waals surface area contributed by atoms with Gasteiger partial charge < -0.3 is 15.0 Å². The Morgan fingerprint density at radius 3 is 2.71 bits per heavy atom. The first-order valence-electron chi connectivity index (χ1n) is 9.08. The average Bonchev–Trinajstić information content (AvgIpc) is 2.74. The highest BCUT2D eigenvalue weighted by Gasteiger charge is 2.26. The standard InChI is InChI=1S/C21H22BrN3O3/c1-28-18-4-2-3-15(13-18)5-8-20(26)25-11-9-16(10-12-25)21(27)24-19-7-6-17(22)14-23-19/h2-8,13-14,16H,9-12H2,1H3,(H,23,24,27). The molecule has 0 bridgehead atoms. The fourth-order valence-corrected chi connectivity index (χ4v) is 3.29. The summed E-state index contributed by atoms with van der Waals surface area (Å²) in [6, 6.07) is 11.1. The average molecular weight is 444 g/mol. The van der Waals surface area contributed by atoms with Crippen LogP contribution in [0.5, 0.6) is 5.75 Å². The van der Waals surface area contributed by atoms with Crippen molar-refractivity contribution in [2.75, 3.05) is 25.5 Å². The highest BCUT2D eigenvalue weighted by atomic mass is 79.9. The molecular weight excluding hydrogens is 422 g/mol. The number of carbonyl (C=O) groups is 2. The summed E-state index contributed by atoms with van der Waals surface area (Å²) in [5.41, 5.74) is 0.906. The Kier molecular flexibility index (Phi) is 6.81. The summed E-state index contributed by atoms with van der Waals surface area (Å²) in [7, 11) is 1.61. The molecule has 0 radical (unpaired) electrons. The zero-order chi connectivity index (χ0) is 19.9. The SMILES string of the molecule is COc1cccc(C=CC(=O)N2CCC(C(=O)Nc3ccc(Br)cn3)CC2)c1. The number of aromatic nitrogens is 1. The summed E-state index contributed by atoms with van der Waals surface area (Å²) in [5.74, 6) is 1.08. The van der Waals surface area contributed by atoms with Crippen molar-refractivity contribution in [2.24, 2.45) is 5.92 Å². The monoisotopic (exact) mass is 443 g/mol. The minimum Gasteiger partial charge on any atom is -0.497 e. The molecule has 0 spiro atoms. The molecular formula is C21H22BrN3O3. The van der Waals surface area contributed by atoms with Gasteiger partial charge in [-0.25, -0.2) is 4.98 Å². The van der Waals surface area contributed by atoms with Gasteiger partial charge in [0.2, 0.25) is 11.8 Å². The van der Waals surface area contributed by atoms with Crippen LogP contribution in [0.25, 0.3) is 6.08 Å². The zero-order valence-corrected chi connectivity index (χ0v) is 17.2. The van der Waals surface area contributed by atoms with Crippen LogP contribution in [0.4, 0.5) is 5.82 Å². The fourth-order valence-electron chi connectivity index (χ4n) is 3.06. The summed E-state index contributed by atoms with van der Waals surface area (Å²) < 4.78 is 6.05. The first-order valence-corrected chi connectivity index (χ1v) is 9.88. The number of piperidine rings is 1. The molecule has 1 N–H and O–H groups in total. The third kappa shape index (κ3) is 5.42. The molecule has 28 heavy (non-hydrogen) atoms. The molecule has 6 nitrogen and oxygen atoms in total. The molecule has 0 aliphatic carbocycles. The van der Waals surface area contributed by atoms with Crippen LogP contribution in [0.1, 0.15) is 18.4 Å². The van der Waals surface area contributed by atoms with E-state index in [1.54, 1.807) is 36.4 Å². The van der Waals surface area contributed by atoms with Gasteiger partial charge in [-0.05, 0) is 64.7 Å². The van der Waals surface area contributed by atoms with Gasteiger partial charge in [0, 0.05) is 35.8 Å². The molecule has 2 heterocycles. The first-order chi connectivity index (χ1) is 13.5. The minimum absolute atomic E-state index is 0.0451. The van der Waals surface area contributed by atoms with E-state index in [9.17, 15) is 9.59 Å². The van der Waals surface area contributed by atoms with E-state index in [1.807, 2.05) is 30.3 Å². The highest BCUT2D eigenvalue weighted by Crippen LogP contribution is 2.20. The second kappa shape index (κ2) is 9.50. The number of benzene rings is 1. The number of hydrogen-bond donors (Lipinski definition) is 1. The van der Waals surface area contributed by atoms with Gasteiger partial charge in [0.25, 0.3) is 0 Å². The highest BCUT2D eigenvalue weighted by molar-refractivity contribution is 9.10. The molecule has 1 aromatic carbocycles. The summed E-state index contributed by atoms with van der Waals surface area (Å²) in [6.45, 7) is 1.13. The van der Waals surface area contributed by atoms with E-state index in [4.69, 9.17) is 4.74 Å². The van der Waals surface area contributed by atoms with Crippen molar-refractivity contribution in [3.8, 4) is 5.75 Å². The van der Waals surface area contributed by atoms with E-state index in [1.165, 1.54) is 0 Å². The lowest BCUT2D eigenvalue weighted by Gasteiger charge is -2.30. The number of anilines is 1. The quantitative estimate of drug-likeness (QED) is 0.714. The Labute approximate surface area is 172 Å². The van der Waals surface area contributed by atoms with Crippen LogP contribution in [0.15, 0.2) is 53.1 Å². The number of halogens is 1. The molecule has 0 saturated carbocycles. The number of nitrogens with one attached hydrogen (secondary N) is 1. The van der Waals surface area contributed by atoms with Crippen LogP contribution in [0.2, 0.25) is 0 Å². The van der Waals surface area contributed by atoms with Crippen molar-refractivity contribution in [3.63, 3.8) is 0 Å². The number of nitrogens with zero attached hydrogens (tertiary/aromatic N) is 2. The Hall–Kier alpha value is -2.67. The van der Waals surface area contributed by atoms with Gasteiger partial charge in [-0.1, -0.05) is 12.1 Å². The molecule has 1 aromatic heterocycles. The molecule has 0 unspecified atom stereocenters. The molecule has 1 aliphatic heterocycles. The third-order valence-electron chi connectivity index (χ3n) is 4.67. The van der Waals surface area contributed by atoms with Crippen molar-refractivity contribution >= 4 is 39.6 Å². The maximum Gasteiger partial charge on any atom is 0.246 e. The lowest BCUT2D eigenvalue weighted by molar-refractivity contribution is -0.130. The van der Waals surface area contributed by atoms with E-state index in [0.29, 0.717) is 31.7 Å². The number of methoxy groups -OCH3 is 1. The van der Waals surface area contributed by atoms with Crippen molar-refractivity contribution in [2.45, 2.75) is 12.8 Å². The third-order valence-corrected chi connectivity index (χ3v) is 5.14. The van der Waals surface area contributed by atoms with Crippen LogP contribution >= 0.6 is 15.9 Å². The van der Waals surface area contributed by atoms with Gasteiger partial charge in [-0.2, -0.15) is 0 Å². The summed E-state index contributed by atoms with van der Waals surface area (Å²) >= 11 is 3.32. The maximum absolute atomic E-state index is 12.4. The second-order valence-electron chi connectivity index (χ2n) is 6.56. The van der Waals surface area contributed by atoms with Gasteiger partial charge in [-0.3, -0.25) is 9.59 Å². The number of pyridine rings is 1. The Balaban J connectivity index is 1.50. The van der Waals surface area contributed by atoms with Crippen LogP contribution in [-0.2, 0) is 9.59 Å². The van der Waals surface area contributed by atoms with E-state index in [0.717, 1.165) is 15.8 Å². The van der Waals surface area contributed by atoms with Gasteiger partial charge in [0.05, 0.1) is 7.11 Å². The molecule has 1 aliphatic rings. The number of ether oxygens (including phenoxy) is 1. The number of carbonyl (C=O) groups excluding carboxylic acids is 2. The smallest absolute Gasteiger partial charge is 0.246 e. The molecule has 7 heteroatoms.